The summed E-state index contributed by atoms with van der Waals surface area (Å²) in [6, 6.07) is 0.712. The molecule has 1 fully saturated rings. The monoisotopic (exact) mass is 156 g/mol. The van der Waals surface area contributed by atoms with Crippen molar-refractivity contribution in [1.29, 1.82) is 0 Å². The van der Waals surface area contributed by atoms with E-state index >= 15 is 0 Å². The molecule has 11 heavy (non-hydrogen) atoms. The maximum atomic E-state index is 11.2. The topological polar surface area (TPSA) is 32.3 Å². The van der Waals surface area contributed by atoms with Crippen molar-refractivity contribution in [2.45, 2.75) is 45.7 Å². The van der Waals surface area contributed by atoms with Crippen LogP contribution >= 0.6 is 0 Å². The molecule has 0 saturated carbocycles. The molecule has 1 amide bonds. The molecule has 0 bridgehead atoms. The van der Waals surface area contributed by atoms with E-state index in [0.29, 0.717) is 18.5 Å². The van der Waals surface area contributed by atoms with Gasteiger partial charge in [0.25, 0.3) is 0 Å². The quantitative estimate of drug-likeness (QED) is 0.644. The molecule has 1 aliphatic rings. The molecule has 0 aliphatic carbocycles. The first-order chi connectivity index (χ1) is 5.11. The lowest BCUT2D eigenvalue weighted by atomic mass is 10.2. The third-order valence-electron chi connectivity index (χ3n) is 1.88. The number of nitrogens with zero attached hydrogens (tertiary/aromatic N) is 1. The summed E-state index contributed by atoms with van der Waals surface area (Å²) in [5, 5.41) is 1.75. The van der Waals surface area contributed by atoms with Gasteiger partial charge < -0.3 is 0 Å². The molecule has 0 radical (unpaired) electrons. The highest BCUT2D eigenvalue weighted by atomic mass is 16.2. The van der Waals surface area contributed by atoms with Gasteiger partial charge in [-0.1, -0.05) is 0 Å². The van der Waals surface area contributed by atoms with Crippen LogP contribution in [0.5, 0.6) is 0 Å². The van der Waals surface area contributed by atoms with E-state index in [0.717, 1.165) is 6.42 Å². The minimum Gasteiger partial charge on any atom is -0.275 e. The summed E-state index contributed by atoms with van der Waals surface area (Å²) in [6.45, 7) is 6.15. The maximum absolute atomic E-state index is 11.2. The fraction of sp³-hybridized carbons (Fsp3) is 0.875. The largest absolute Gasteiger partial charge is 0.275 e. The van der Waals surface area contributed by atoms with Gasteiger partial charge >= 0.3 is 0 Å². The van der Waals surface area contributed by atoms with Crippen LogP contribution in [-0.4, -0.2) is 23.0 Å². The Hall–Kier alpha value is -0.570. The Morgan fingerprint density at radius 1 is 1.64 bits per heavy atom. The van der Waals surface area contributed by atoms with E-state index in [2.05, 4.69) is 12.3 Å². The molecular weight excluding hydrogens is 140 g/mol. The van der Waals surface area contributed by atoms with Crippen molar-refractivity contribution < 1.29 is 4.79 Å². The minimum absolute atomic E-state index is 0.228. The summed E-state index contributed by atoms with van der Waals surface area (Å²) in [4.78, 5) is 11.2. The van der Waals surface area contributed by atoms with Crippen molar-refractivity contribution in [1.82, 2.24) is 10.4 Å². The first-order valence-electron chi connectivity index (χ1n) is 4.19. The Kier molecular flexibility index (Phi) is 2.49. The number of hydrazine groups is 1. The van der Waals surface area contributed by atoms with Gasteiger partial charge in [0, 0.05) is 18.5 Å². The van der Waals surface area contributed by atoms with Gasteiger partial charge in [0.2, 0.25) is 5.91 Å². The van der Waals surface area contributed by atoms with Crippen LogP contribution in [0.1, 0.15) is 33.6 Å². The Balaban J connectivity index is 2.48. The molecule has 0 aromatic heterocycles. The molecule has 1 saturated heterocycles. The van der Waals surface area contributed by atoms with E-state index in [1.165, 1.54) is 0 Å². The molecule has 1 unspecified atom stereocenters. The first kappa shape index (κ1) is 8.53. The van der Waals surface area contributed by atoms with E-state index < -0.39 is 0 Å². The van der Waals surface area contributed by atoms with Crippen LogP contribution in [0.25, 0.3) is 0 Å². The lowest BCUT2D eigenvalue weighted by Crippen LogP contribution is -2.46. The van der Waals surface area contributed by atoms with Gasteiger partial charge in [-0.15, -0.1) is 0 Å². The Morgan fingerprint density at radius 2 is 2.27 bits per heavy atom. The van der Waals surface area contributed by atoms with Crippen molar-refractivity contribution in [3.05, 3.63) is 0 Å². The number of hydrogen-bond donors (Lipinski definition) is 1. The lowest BCUT2D eigenvalue weighted by Gasteiger charge is -2.24. The van der Waals surface area contributed by atoms with Crippen LogP contribution in [0.2, 0.25) is 0 Å². The second kappa shape index (κ2) is 3.22. The number of amides is 1. The minimum atomic E-state index is 0.228. The molecule has 3 nitrogen and oxygen atoms in total. The summed E-state index contributed by atoms with van der Waals surface area (Å²) in [6.07, 6.45) is 1.68. The van der Waals surface area contributed by atoms with E-state index in [9.17, 15) is 4.79 Å². The van der Waals surface area contributed by atoms with Gasteiger partial charge in [-0.25, -0.2) is 5.43 Å². The normalized spacial score (nSPS) is 25.3. The highest BCUT2D eigenvalue weighted by molar-refractivity contribution is 5.78. The second-order valence-electron chi connectivity index (χ2n) is 3.44. The molecule has 64 valence electrons. The molecule has 1 N–H and O–H groups in total. The fourth-order valence-corrected chi connectivity index (χ4v) is 1.31. The van der Waals surface area contributed by atoms with Gasteiger partial charge in [0.05, 0.1) is 0 Å². The zero-order chi connectivity index (χ0) is 8.43. The van der Waals surface area contributed by atoms with Crippen LogP contribution in [0, 0.1) is 0 Å². The molecule has 1 atom stereocenters. The average Bonchev–Trinajstić information content (AvgIpc) is 2.18. The van der Waals surface area contributed by atoms with E-state index in [4.69, 9.17) is 0 Å². The van der Waals surface area contributed by atoms with Crippen molar-refractivity contribution >= 4 is 5.91 Å². The maximum Gasteiger partial charge on any atom is 0.237 e. The van der Waals surface area contributed by atoms with Gasteiger partial charge in [-0.05, 0) is 27.2 Å². The number of carbonyl (C=O) groups is 1. The van der Waals surface area contributed by atoms with Crippen molar-refractivity contribution in [3.8, 4) is 0 Å². The number of carbonyl (C=O) groups excluding carboxylic acids is 1. The molecule has 1 rings (SSSR count). The zero-order valence-corrected chi connectivity index (χ0v) is 7.42. The summed E-state index contributed by atoms with van der Waals surface area (Å²) in [7, 11) is 0. The summed E-state index contributed by atoms with van der Waals surface area (Å²) < 4.78 is 0. The zero-order valence-electron chi connectivity index (χ0n) is 7.42. The van der Waals surface area contributed by atoms with Crippen LogP contribution in [0.15, 0.2) is 0 Å². The first-order valence-corrected chi connectivity index (χ1v) is 4.19. The highest BCUT2D eigenvalue weighted by Crippen LogP contribution is 2.15. The number of nitrogens with one attached hydrogen (secondary N) is 1. The lowest BCUT2D eigenvalue weighted by molar-refractivity contribution is -0.132. The van der Waals surface area contributed by atoms with Gasteiger partial charge in [-0.3, -0.25) is 9.80 Å². The van der Waals surface area contributed by atoms with Crippen LogP contribution in [0.3, 0.4) is 0 Å². The predicted molar refractivity (Wildman–Crippen MR) is 43.8 cm³/mol. The van der Waals surface area contributed by atoms with Gasteiger partial charge in [-0.2, -0.15) is 0 Å². The van der Waals surface area contributed by atoms with E-state index in [-0.39, 0.29) is 5.91 Å². The van der Waals surface area contributed by atoms with Crippen molar-refractivity contribution in [2.24, 2.45) is 0 Å². The third-order valence-corrected chi connectivity index (χ3v) is 1.88. The van der Waals surface area contributed by atoms with Crippen LogP contribution in [0.4, 0.5) is 0 Å². The van der Waals surface area contributed by atoms with Crippen molar-refractivity contribution in [2.75, 3.05) is 0 Å². The van der Waals surface area contributed by atoms with E-state index in [1.807, 2.05) is 13.8 Å². The average molecular weight is 156 g/mol. The molecule has 0 aromatic carbocycles. The molecular formula is C8H16N2O. The van der Waals surface area contributed by atoms with E-state index in [1.54, 1.807) is 5.01 Å². The smallest absolute Gasteiger partial charge is 0.237 e. The summed E-state index contributed by atoms with van der Waals surface area (Å²) in [5.74, 6) is 0.228. The molecule has 1 heterocycles. The molecule has 0 spiro atoms. The molecule has 1 aliphatic heterocycles. The molecule has 0 aromatic rings. The third kappa shape index (κ3) is 1.93. The number of hydrogen-bond acceptors (Lipinski definition) is 2. The SMILES string of the molecule is CC(C)NN1C(=O)CCC1C. The Bertz CT molecular complexity index is 156. The van der Waals surface area contributed by atoms with Gasteiger partial charge in [0.1, 0.15) is 0 Å². The standard InChI is InChI=1S/C8H16N2O/c1-6(2)9-10-7(3)4-5-8(10)11/h6-7,9H,4-5H2,1-3H3. The van der Waals surface area contributed by atoms with Crippen LogP contribution in [-0.2, 0) is 4.79 Å². The molecule has 3 heteroatoms. The second-order valence-corrected chi connectivity index (χ2v) is 3.44. The van der Waals surface area contributed by atoms with Gasteiger partial charge in [0.15, 0.2) is 0 Å². The fourth-order valence-electron chi connectivity index (χ4n) is 1.31. The highest BCUT2D eigenvalue weighted by Gasteiger charge is 2.27. The van der Waals surface area contributed by atoms with Crippen molar-refractivity contribution in [3.63, 3.8) is 0 Å². The predicted octanol–water partition coefficient (Wildman–Crippen LogP) is 0.910. The Labute approximate surface area is 67.7 Å². The summed E-state index contributed by atoms with van der Waals surface area (Å²) >= 11 is 0. The van der Waals surface area contributed by atoms with Crippen LogP contribution < -0.4 is 5.43 Å². The Morgan fingerprint density at radius 3 is 2.64 bits per heavy atom. The number of rotatable bonds is 2. The summed E-state index contributed by atoms with van der Waals surface area (Å²) in [5.41, 5.74) is 3.12.